The van der Waals surface area contributed by atoms with Crippen LogP contribution >= 0.6 is 11.3 Å². The largest absolute Gasteiger partial charge is 0.350 e. The lowest BCUT2D eigenvalue weighted by Crippen LogP contribution is -2.30. The minimum Gasteiger partial charge on any atom is -0.350 e. The number of hydrogen-bond donors (Lipinski definition) is 2. The summed E-state index contributed by atoms with van der Waals surface area (Å²) in [5, 5.41) is 16.6. The van der Waals surface area contributed by atoms with Crippen molar-refractivity contribution in [2.45, 2.75) is 38.3 Å². The van der Waals surface area contributed by atoms with Crippen LogP contribution in [0.5, 0.6) is 0 Å². The molecule has 0 saturated carbocycles. The van der Waals surface area contributed by atoms with Gasteiger partial charge in [-0.3, -0.25) is 14.2 Å². The Balaban J connectivity index is 1.49. The molecule has 26 heavy (non-hydrogen) atoms. The summed E-state index contributed by atoms with van der Waals surface area (Å²) in [7, 11) is 0. The van der Waals surface area contributed by atoms with E-state index in [-0.39, 0.29) is 17.9 Å². The first-order chi connectivity index (χ1) is 12.7. The lowest BCUT2D eigenvalue weighted by Gasteiger charge is -2.20. The van der Waals surface area contributed by atoms with E-state index < -0.39 is 0 Å². The first-order valence-corrected chi connectivity index (χ1v) is 9.89. The minimum absolute atomic E-state index is 0.0540. The monoisotopic (exact) mass is 374 g/mol. The topological polar surface area (TPSA) is 92.2 Å². The molecule has 0 bridgehead atoms. The molecule has 4 heterocycles. The van der Waals surface area contributed by atoms with Crippen LogP contribution in [0.1, 0.15) is 47.2 Å². The zero-order chi connectivity index (χ0) is 17.9. The molecular weight excluding hydrogens is 352 g/mol. The second-order valence-corrected chi connectivity index (χ2v) is 7.54. The van der Waals surface area contributed by atoms with E-state index >= 15 is 0 Å². The van der Waals surface area contributed by atoms with Crippen molar-refractivity contribution in [1.82, 2.24) is 25.4 Å². The molecule has 2 aromatic rings. The number of hydrogen-bond acceptors (Lipinski definition) is 6. The molecule has 2 fully saturated rings. The van der Waals surface area contributed by atoms with E-state index in [1.54, 1.807) is 0 Å². The summed E-state index contributed by atoms with van der Waals surface area (Å²) in [6.45, 7) is 3.01. The van der Waals surface area contributed by atoms with Gasteiger partial charge in [0.2, 0.25) is 11.9 Å². The number of aromatic nitrogens is 3. The summed E-state index contributed by atoms with van der Waals surface area (Å²) in [5.41, 5.74) is 0. The summed E-state index contributed by atoms with van der Waals surface area (Å²) in [5.74, 6) is 1.61. The van der Waals surface area contributed by atoms with Crippen molar-refractivity contribution in [3.8, 4) is 0 Å². The molecule has 9 heteroatoms. The molecule has 138 valence electrons. The van der Waals surface area contributed by atoms with Crippen LogP contribution in [-0.4, -0.2) is 46.2 Å². The smallest absolute Gasteiger partial charge is 0.261 e. The van der Waals surface area contributed by atoms with Gasteiger partial charge < -0.3 is 15.5 Å². The van der Waals surface area contributed by atoms with Crippen LogP contribution in [0.4, 0.5) is 5.95 Å². The van der Waals surface area contributed by atoms with Crippen molar-refractivity contribution < 1.29 is 9.59 Å². The molecule has 4 rings (SSSR count). The summed E-state index contributed by atoms with van der Waals surface area (Å²) < 4.78 is 2.05. The highest BCUT2D eigenvalue weighted by Gasteiger charge is 2.30. The zero-order valence-electron chi connectivity index (χ0n) is 14.5. The van der Waals surface area contributed by atoms with Crippen molar-refractivity contribution in [1.29, 1.82) is 0 Å². The molecule has 1 unspecified atom stereocenters. The maximum Gasteiger partial charge on any atom is 0.261 e. The number of nitrogens with one attached hydrogen (secondary N) is 2. The van der Waals surface area contributed by atoms with E-state index in [1.165, 1.54) is 11.3 Å². The van der Waals surface area contributed by atoms with Gasteiger partial charge in [0, 0.05) is 32.6 Å². The summed E-state index contributed by atoms with van der Waals surface area (Å²) >= 11 is 1.43. The van der Waals surface area contributed by atoms with Gasteiger partial charge in [-0.15, -0.1) is 21.5 Å². The summed E-state index contributed by atoms with van der Waals surface area (Å²) in [6, 6.07) is 3.58. The molecular formula is C17H22N6O2S. The molecule has 0 spiro atoms. The highest BCUT2D eigenvalue weighted by Crippen LogP contribution is 2.27. The Hall–Kier alpha value is -2.42. The lowest BCUT2D eigenvalue weighted by molar-refractivity contribution is -0.119. The number of amides is 2. The predicted octanol–water partition coefficient (Wildman–Crippen LogP) is 1.32. The fourth-order valence-electron chi connectivity index (χ4n) is 3.51. The quantitative estimate of drug-likeness (QED) is 0.796. The fourth-order valence-corrected chi connectivity index (χ4v) is 4.15. The Morgan fingerprint density at radius 3 is 2.88 bits per heavy atom. The zero-order valence-corrected chi connectivity index (χ0v) is 15.3. The van der Waals surface area contributed by atoms with E-state index in [0.717, 1.165) is 44.1 Å². The number of nitrogens with zero attached hydrogens (tertiary/aromatic N) is 4. The SMILES string of the molecule is O=C1CCC(c2nnc(N3CCCC3)n2CCNC(=O)c2cccs2)N1. The Morgan fingerprint density at radius 1 is 1.35 bits per heavy atom. The fraction of sp³-hybridized carbons (Fsp3) is 0.529. The second kappa shape index (κ2) is 7.45. The van der Waals surface area contributed by atoms with E-state index in [2.05, 4.69) is 30.3 Å². The standard InChI is InChI=1S/C17H22N6O2S/c24-14-6-5-12(19-14)15-20-21-17(22-8-1-2-9-22)23(15)10-7-18-16(25)13-4-3-11-26-13/h3-4,11-12H,1-2,5-10H2,(H,18,25)(H,19,24). The highest BCUT2D eigenvalue weighted by atomic mass is 32.1. The second-order valence-electron chi connectivity index (χ2n) is 6.60. The molecule has 0 radical (unpaired) electrons. The third-order valence-electron chi connectivity index (χ3n) is 4.82. The first-order valence-electron chi connectivity index (χ1n) is 9.01. The van der Waals surface area contributed by atoms with Gasteiger partial charge in [0.25, 0.3) is 5.91 Å². The van der Waals surface area contributed by atoms with Crippen molar-refractivity contribution in [2.24, 2.45) is 0 Å². The van der Waals surface area contributed by atoms with Crippen molar-refractivity contribution >= 4 is 29.1 Å². The highest BCUT2D eigenvalue weighted by molar-refractivity contribution is 7.12. The van der Waals surface area contributed by atoms with Crippen LogP contribution in [0, 0.1) is 0 Å². The van der Waals surface area contributed by atoms with Crippen LogP contribution in [0.15, 0.2) is 17.5 Å². The molecule has 2 N–H and O–H groups in total. The molecule has 2 amide bonds. The lowest BCUT2D eigenvalue weighted by atomic mass is 10.2. The van der Waals surface area contributed by atoms with Gasteiger partial charge in [-0.05, 0) is 30.7 Å². The summed E-state index contributed by atoms with van der Waals surface area (Å²) in [4.78, 5) is 26.7. The maximum atomic E-state index is 12.2. The van der Waals surface area contributed by atoms with Gasteiger partial charge in [0.1, 0.15) is 0 Å². The molecule has 0 aliphatic carbocycles. The maximum absolute atomic E-state index is 12.2. The summed E-state index contributed by atoms with van der Waals surface area (Å²) in [6.07, 6.45) is 3.55. The Bertz CT molecular complexity index is 781. The number of thiophene rings is 1. The molecule has 2 saturated heterocycles. The van der Waals surface area contributed by atoms with Crippen LogP contribution in [0.3, 0.4) is 0 Å². The molecule has 1 atom stereocenters. The van der Waals surface area contributed by atoms with Gasteiger partial charge in [-0.1, -0.05) is 6.07 Å². The molecule has 8 nitrogen and oxygen atoms in total. The normalized spacial score (nSPS) is 19.8. The third kappa shape index (κ3) is 3.44. The van der Waals surface area contributed by atoms with Crippen molar-refractivity contribution in [3.05, 3.63) is 28.2 Å². The third-order valence-corrected chi connectivity index (χ3v) is 5.69. The van der Waals surface area contributed by atoms with E-state index in [4.69, 9.17) is 0 Å². The Morgan fingerprint density at radius 2 is 2.19 bits per heavy atom. The Kier molecular flexibility index (Phi) is 4.87. The van der Waals surface area contributed by atoms with E-state index in [0.29, 0.717) is 24.4 Å². The van der Waals surface area contributed by atoms with E-state index in [1.807, 2.05) is 17.5 Å². The van der Waals surface area contributed by atoms with Crippen LogP contribution in [-0.2, 0) is 11.3 Å². The average molecular weight is 374 g/mol. The number of rotatable bonds is 6. The molecule has 2 aliphatic heterocycles. The molecule has 2 aromatic heterocycles. The van der Waals surface area contributed by atoms with Crippen molar-refractivity contribution in [3.63, 3.8) is 0 Å². The average Bonchev–Trinajstić information content (AvgIpc) is 3.41. The number of anilines is 1. The van der Waals surface area contributed by atoms with Crippen LogP contribution in [0.25, 0.3) is 0 Å². The number of carbonyl (C=O) groups is 2. The van der Waals surface area contributed by atoms with Gasteiger partial charge in [-0.25, -0.2) is 0 Å². The Labute approximate surface area is 155 Å². The van der Waals surface area contributed by atoms with Gasteiger partial charge in [0.15, 0.2) is 5.82 Å². The molecule has 0 aromatic carbocycles. The first kappa shape index (κ1) is 17.0. The predicted molar refractivity (Wildman–Crippen MR) is 98.2 cm³/mol. The molecule has 2 aliphatic rings. The van der Waals surface area contributed by atoms with Crippen LogP contribution < -0.4 is 15.5 Å². The van der Waals surface area contributed by atoms with Gasteiger partial charge in [-0.2, -0.15) is 0 Å². The number of carbonyl (C=O) groups excluding carboxylic acids is 2. The van der Waals surface area contributed by atoms with Crippen molar-refractivity contribution in [2.75, 3.05) is 24.5 Å². The van der Waals surface area contributed by atoms with Gasteiger partial charge >= 0.3 is 0 Å². The van der Waals surface area contributed by atoms with Gasteiger partial charge in [0.05, 0.1) is 10.9 Å². The van der Waals surface area contributed by atoms with E-state index in [9.17, 15) is 9.59 Å². The van der Waals surface area contributed by atoms with Crippen LogP contribution in [0.2, 0.25) is 0 Å². The minimum atomic E-state index is -0.0978.